The van der Waals surface area contributed by atoms with Crippen LogP contribution in [-0.2, 0) is 71.1 Å². The Hall–Kier alpha value is -2.74. The normalized spacial score (nSPS) is 51.1. The lowest BCUT2D eigenvalue weighted by atomic mass is 9.95. The van der Waals surface area contributed by atoms with E-state index >= 15 is 0 Å². The number of carbonyl (C=O) groups is 1. The molecule has 35 atom stereocenters. The molecule has 21 saturated heterocycles. The third-order valence-corrected chi connectivity index (χ3v) is 15.9. The zero-order chi connectivity index (χ0) is 61.5. The summed E-state index contributed by atoms with van der Waals surface area (Å²) in [4.78, 5) is 17.0. The number of aliphatic hydroxyl groups excluding tert-OH is 20. The van der Waals surface area contributed by atoms with Crippen LogP contribution in [0, 0.1) is 0 Å². The highest BCUT2D eigenvalue weighted by Gasteiger charge is 2.59. The highest BCUT2D eigenvalue weighted by molar-refractivity contribution is 5.88. The SMILES string of the molecule is O=C(OC[C@H]1O[C@@H]2O[C@H]3[C@H](O)[C@@H](O)[C@@H](O[C@H]4[C@H](O)[C@@H](O)[C@@H](O[C@H]5[C@H](O)[C@@H](O)[C@@H](O[C@H]6[C@H](O)[C@@H](O)[C@@H](O[C@H]7[C@H](O)[C@@H](O)[C@@H](O[C@H]8[C@H](O)[C@@H](O)[C@@H](O[C@H]1[C@H](O)[C@H]2O)O[C@@H]8CO)O[C@@H]7CO)O[C@@H]6CO)O[C@@H]5CO)O[C@@H]4CO)O[C@@H]3CO)c1cccnc1. The van der Waals surface area contributed by atoms with Crippen molar-refractivity contribution in [1.82, 2.24) is 4.98 Å². The van der Waals surface area contributed by atoms with Crippen molar-refractivity contribution in [2.75, 3.05) is 46.2 Å². The number of esters is 1. The Morgan fingerprint density at radius 1 is 0.329 bits per heavy atom. The summed E-state index contributed by atoms with van der Waals surface area (Å²) in [5, 5.41) is 223. The average Bonchev–Trinajstić information content (AvgIpc) is 2.31. The smallest absolute Gasteiger partial charge is 0.339 e. The van der Waals surface area contributed by atoms with Gasteiger partial charge in [-0.2, -0.15) is 0 Å². The van der Waals surface area contributed by atoms with Crippen molar-refractivity contribution < 1.29 is 178 Å². The van der Waals surface area contributed by atoms with E-state index in [0.717, 1.165) is 6.20 Å². The Bertz CT molecular complexity index is 2240. The highest BCUT2D eigenvalue weighted by atomic mass is 16.8. The Balaban J connectivity index is 1.02. The van der Waals surface area contributed by atoms with Crippen LogP contribution in [0.15, 0.2) is 24.5 Å². The number of hydrogen-bond acceptors (Lipinski definition) is 37. The Labute approximate surface area is 479 Å². The maximum Gasteiger partial charge on any atom is 0.339 e. The van der Waals surface area contributed by atoms with Gasteiger partial charge < -0.3 is 173 Å². The van der Waals surface area contributed by atoms with Gasteiger partial charge in [-0.25, -0.2) is 4.79 Å². The maximum atomic E-state index is 13.2. The van der Waals surface area contributed by atoms with Crippen molar-refractivity contribution in [3.05, 3.63) is 30.1 Å². The van der Waals surface area contributed by atoms with E-state index in [1.165, 1.54) is 18.3 Å². The first-order valence-electron chi connectivity index (χ1n) is 27.0. The maximum absolute atomic E-state index is 13.2. The predicted octanol–water partition coefficient (Wildman–Crippen LogP) is -14.0. The first-order valence-corrected chi connectivity index (χ1v) is 27.0. The molecular weight excluding hydrogens is 1170 g/mol. The van der Waals surface area contributed by atoms with Gasteiger partial charge in [0.15, 0.2) is 44.0 Å². The first kappa shape index (κ1) is 66.7. The van der Waals surface area contributed by atoms with Gasteiger partial charge in [0, 0.05) is 12.4 Å². The molecule has 0 unspecified atom stereocenters. The molecule has 14 bridgehead atoms. The Morgan fingerprint density at radius 2 is 0.541 bits per heavy atom. The van der Waals surface area contributed by atoms with Crippen LogP contribution in [0.4, 0.5) is 0 Å². The standard InChI is InChI=1S/C48H73NO36/c50-5-13-34-21(57)28(64)43(73-13)81-36-15(7-52)75-45(30(66)23(36)59)83-38-17(9-54)77-47(32(68)25(38)61)85-40-19(11-71-41(70)12-2-1-3-49-4-12)78-48(33(69)26(40)62)84-39-18(10-55)76-46(31(67)24(39)60)82-37-16(8-53)74-44(29(65)22(37)58)80-35-14(6-51)72-42(79-34)27(63)20(35)56/h1-4,13-40,42-48,50-69H,5-11H2/t13-,14-,15-,16-,17-,18-,19-,20-,21-,22-,23-,24-,25-,26-,27-,28-,29-,30-,31-,32-,33-,34-,35-,36-,37-,38-,39-,40-,42-,43-,44-,45-,46-,47-,48-/m1/s1. The predicted molar refractivity (Wildman–Crippen MR) is 256 cm³/mol. The monoisotopic (exact) mass is 1240 g/mol. The molecular formula is C48H73NO36. The second-order valence-corrected chi connectivity index (χ2v) is 21.3. The van der Waals surface area contributed by atoms with Gasteiger partial charge in [0.1, 0.15) is 178 Å². The van der Waals surface area contributed by atoms with E-state index in [1.54, 1.807) is 0 Å². The zero-order valence-corrected chi connectivity index (χ0v) is 44.4. The minimum Gasteiger partial charge on any atom is -0.459 e. The quantitative estimate of drug-likeness (QED) is 0.102. The van der Waals surface area contributed by atoms with Crippen LogP contribution in [0.1, 0.15) is 10.4 Å². The van der Waals surface area contributed by atoms with Gasteiger partial charge >= 0.3 is 5.97 Å². The Morgan fingerprint density at radius 3 is 0.741 bits per heavy atom. The number of rotatable bonds is 9. The summed E-state index contributed by atoms with van der Waals surface area (Å²) in [6.07, 6.45) is -69.2. The molecule has 21 aliphatic heterocycles. The third kappa shape index (κ3) is 13.5. The molecule has 37 nitrogen and oxygen atoms in total. The van der Waals surface area contributed by atoms with Crippen LogP contribution in [0.25, 0.3) is 0 Å². The van der Waals surface area contributed by atoms with Gasteiger partial charge in [-0.3, -0.25) is 4.98 Å². The van der Waals surface area contributed by atoms with Crippen LogP contribution in [0.3, 0.4) is 0 Å². The number of carbonyl (C=O) groups excluding carboxylic acids is 1. The van der Waals surface area contributed by atoms with Crippen molar-refractivity contribution in [2.24, 2.45) is 0 Å². The summed E-state index contributed by atoms with van der Waals surface area (Å²) in [6, 6.07) is 2.72. The lowest BCUT2D eigenvalue weighted by Crippen LogP contribution is -2.68. The van der Waals surface area contributed by atoms with Gasteiger partial charge in [0.2, 0.25) is 0 Å². The fourth-order valence-corrected chi connectivity index (χ4v) is 11.1. The van der Waals surface area contributed by atoms with E-state index in [1.807, 2.05) is 0 Å². The molecule has 0 spiro atoms. The van der Waals surface area contributed by atoms with Gasteiger partial charge in [-0.15, -0.1) is 0 Å². The number of pyridine rings is 1. The van der Waals surface area contributed by atoms with Crippen LogP contribution >= 0.6 is 0 Å². The summed E-state index contributed by atoms with van der Waals surface area (Å²) in [7, 11) is 0. The molecule has 20 N–H and O–H groups in total. The van der Waals surface area contributed by atoms with E-state index in [-0.39, 0.29) is 5.56 Å². The molecule has 22 rings (SSSR count). The largest absolute Gasteiger partial charge is 0.459 e. The molecule has 1 aromatic heterocycles. The van der Waals surface area contributed by atoms with Crippen molar-refractivity contribution in [3.63, 3.8) is 0 Å². The summed E-state index contributed by atoms with van der Waals surface area (Å²) in [6.45, 7) is -7.33. The molecule has 0 aromatic carbocycles. The topological polar surface area (TPSA) is 573 Å². The fraction of sp³-hybridized carbons (Fsp3) is 0.875. The molecule has 486 valence electrons. The summed E-state index contributed by atoms with van der Waals surface area (Å²) in [5.41, 5.74) is -0.0894. The third-order valence-electron chi connectivity index (χ3n) is 15.9. The lowest BCUT2D eigenvalue weighted by Gasteiger charge is -2.50. The first-order chi connectivity index (χ1) is 40.6. The zero-order valence-electron chi connectivity index (χ0n) is 44.4. The Kier molecular flexibility index (Phi) is 22.4. The summed E-state index contributed by atoms with van der Waals surface area (Å²) >= 11 is 0. The molecule has 0 aliphatic carbocycles. The molecule has 1 aromatic rings. The minimum atomic E-state index is -2.28. The molecule has 0 amide bonds. The summed E-state index contributed by atoms with van der Waals surface area (Å²) in [5.74, 6) is -1.02. The molecule has 21 aliphatic rings. The molecule has 0 radical (unpaired) electrons. The number of ether oxygens (including phenoxy) is 15. The number of nitrogens with zero attached hydrogens (tertiary/aromatic N) is 1. The van der Waals surface area contributed by atoms with Gasteiger partial charge in [0.05, 0.1) is 45.2 Å². The van der Waals surface area contributed by atoms with Crippen molar-refractivity contribution in [3.8, 4) is 0 Å². The molecule has 0 saturated carbocycles. The van der Waals surface area contributed by atoms with E-state index < -0.39 is 267 Å². The molecule has 85 heavy (non-hydrogen) atoms. The van der Waals surface area contributed by atoms with Crippen LogP contribution in [0.5, 0.6) is 0 Å². The lowest BCUT2D eigenvalue weighted by molar-refractivity contribution is -0.396. The van der Waals surface area contributed by atoms with Crippen molar-refractivity contribution in [1.29, 1.82) is 0 Å². The van der Waals surface area contributed by atoms with Crippen molar-refractivity contribution >= 4 is 5.97 Å². The van der Waals surface area contributed by atoms with E-state index in [0.29, 0.717) is 0 Å². The number of aromatic nitrogens is 1. The number of hydrogen-bond donors (Lipinski definition) is 20. The van der Waals surface area contributed by atoms with Gasteiger partial charge in [-0.05, 0) is 12.1 Å². The number of aliphatic hydroxyl groups is 20. The second-order valence-electron chi connectivity index (χ2n) is 21.3. The van der Waals surface area contributed by atoms with E-state index in [4.69, 9.17) is 71.1 Å². The minimum absolute atomic E-state index is 0.0894. The average molecular weight is 1240 g/mol. The van der Waals surface area contributed by atoms with Gasteiger partial charge in [-0.1, -0.05) is 0 Å². The second kappa shape index (κ2) is 28.6. The summed E-state index contributed by atoms with van der Waals surface area (Å²) < 4.78 is 86.0. The fourth-order valence-electron chi connectivity index (χ4n) is 11.1. The van der Waals surface area contributed by atoms with Crippen LogP contribution in [-0.4, -0.2) is 374 Å². The van der Waals surface area contributed by atoms with E-state index in [2.05, 4.69) is 4.98 Å². The van der Waals surface area contributed by atoms with Crippen LogP contribution in [0.2, 0.25) is 0 Å². The molecule has 22 heterocycles. The molecule has 37 heteroatoms. The molecule has 21 fully saturated rings. The van der Waals surface area contributed by atoms with Crippen LogP contribution < -0.4 is 0 Å². The van der Waals surface area contributed by atoms with Gasteiger partial charge in [0.25, 0.3) is 0 Å². The van der Waals surface area contributed by atoms with E-state index in [9.17, 15) is 107 Å². The van der Waals surface area contributed by atoms with Crippen molar-refractivity contribution in [2.45, 2.75) is 215 Å². The highest BCUT2D eigenvalue weighted by Crippen LogP contribution is 2.39.